The Morgan fingerprint density at radius 2 is 1.51 bits per heavy atom. The van der Waals surface area contributed by atoms with Gasteiger partial charge in [0.2, 0.25) is 0 Å². The highest BCUT2D eigenvalue weighted by atomic mass is 16.6. The van der Waals surface area contributed by atoms with Crippen LogP contribution in [0.2, 0.25) is 0 Å². The zero-order valence-electron chi connectivity index (χ0n) is 24.3. The molecule has 3 aromatic carbocycles. The number of hydrogen-bond donors (Lipinski definition) is 3. The van der Waals surface area contributed by atoms with Crippen molar-refractivity contribution in [1.82, 2.24) is 10.2 Å². The van der Waals surface area contributed by atoms with Crippen molar-refractivity contribution in [3.05, 3.63) is 94.5 Å². The molecule has 3 rings (SSSR count). The molecule has 0 fully saturated rings. The number of alkyl carbamates (subject to hydrolysis) is 1. The molecule has 3 N–H and O–H groups in total. The summed E-state index contributed by atoms with van der Waals surface area (Å²) in [6.07, 6.45) is 5.17. The highest BCUT2D eigenvalue weighted by Crippen LogP contribution is 2.28. The van der Waals surface area contributed by atoms with Gasteiger partial charge in [-0.1, -0.05) is 61.0 Å². The van der Waals surface area contributed by atoms with Crippen LogP contribution in [0.5, 0.6) is 5.75 Å². The number of hydrogen-bond acceptors (Lipinski definition) is 5. The van der Waals surface area contributed by atoms with Crippen molar-refractivity contribution in [2.24, 2.45) is 0 Å². The number of amides is 3. The summed E-state index contributed by atoms with van der Waals surface area (Å²) >= 11 is 0. The molecule has 8 heteroatoms. The number of phenolic OH excluding ortho intramolecular Hbond substituents is 1. The number of carbonyl (C=O) groups is 3. The normalized spacial score (nSPS) is 12.4. The third-order valence-electron chi connectivity index (χ3n) is 6.46. The van der Waals surface area contributed by atoms with Crippen LogP contribution < -0.4 is 10.6 Å². The summed E-state index contributed by atoms with van der Waals surface area (Å²) in [7, 11) is 0. The molecule has 0 saturated heterocycles. The lowest BCUT2D eigenvalue weighted by atomic mass is 9.97. The van der Waals surface area contributed by atoms with Crippen LogP contribution in [0.1, 0.15) is 54.6 Å². The van der Waals surface area contributed by atoms with Crippen LogP contribution in [0.4, 0.5) is 10.5 Å². The number of phenols is 1. The summed E-state index contributed by atoms with van der Waals surface area (Å²) in [6, 6.07) is 19.1. The van der Waals surface area contributed by atoms with E-state index in [4.69, 9.17) is 11.2 Å². The fraction of sp³-hybridized carbons (Fsp3) is 0.303. The van der Waals surface area contributed by atoms with Gasteiger partial charge in [-0.25, -0.2) is 4.79 Å². The Labute approximate surface area is 241 Å². The van der Waals surface area contributed by atoms with Crippen LogP contribution in [0, 0.1) is 33.2 Å². The van der Waals surface area contributed by atoms with Crippen molar-refractivity contribution in [2.45, 2.75) is 65.6 Å². The predicted octanol–water partition coefficient (Wildman–Crippen LogP) is 5.55. The van der Waals surface area contributed by atoms with Gasteiger partial charge < -0.3 is 20.5 Å². The van der Waals surface area contributed by atoms with Crippen LogP contribution in [0.3, 0.4) is 0 Å². The number of rotatable bonds is 8. The van der Waals surface area contributed by atoms with Gasteiger partial charge in [-0.15, -0.1) is 0 Å². The van der Waals surface area contributed by atoms with E-state index in [1.54, 1.807) is 45.0 Å². The SMILES string of the molecule is C#CN(C(=O)C(Cc1ccc(O)cc1)NC(=O)OC(C)(C)C)C(C(=O)Nc1c(C)cccc1C)c1ccccc1C. The van der Waals surface area contributed by atoms with Crippen molar-refractivity contribution >= 4 is 23.6 Å². The van der Waals surface area contributed by atoms with Gasteiger partial charge in [-0.3, -0.25) is 14.5 Å². The lowest BCUT2D eigenvalue weighted by Crippen LogP contribution is -2.52. The highest BCUT2D eigenvalue weighted by Gasteiger charge is 2.37. The van der Waals surface area contributed by atoms with Gasteiger partial charge in [-0.2, -0.15) is 0 Å². The van der Waals surface area contributed by atoms with Crippen LogP contribution >= 0.6 is 0 Å². The van der Waals surface area contributed by atoms with E-state index in [0.717, 1.165) is 21.6 Å². The Morgan fingerprint density at radius 1 is 0.927 bits per heavy atom. The third-order valence-corrected chi connectivity index (χ3v) is 6.46. The van der Waals surface area contributed by atoms with Crippen molar-refractivity contribution in [3.8, 4) is 18.2 Å². The summed E-state index contributed by atoms with van der Waals surface area (Å²) in [4.78, 5) is 41.9. The number of ether oxygens (including phenoxy) is 1. The van der Waals surface area contributed by atoms with Crippen molar-refractivity contribution in [2.75, 3.05) is 5.32 Å². The Balaban J connectivity index is 2.05. The highest BCUT2D eigenvalue weighted by molar-refractivity contribution is 6.00. The fourth-order valence-corrected chi connectivity index (χ4v) is 4.45. The molecule has 3 amide bonds. The smallest absolute Gasteiger partial charge is 0.408 e. The first-order valence-electron chi connectivity index (χ1n) is 13.3. The molecule has 2 atom stereocenters. The molecular formula is C33H37N3O5. The zero-order chi connectivity index (χ0) is 30.3. The van der Waals surface area contributed by atoms with Gasteiger partial charge in [0.05, 0.1) is 0 Å². The number of para-hydroxylation sites is 1. The number of anilines is 1. The van der Waals surface area contributed by atoms with E-state index in [0.29, 0.717) is 16.8 Å². The number of aryl methyl sites for hydroxylation is 3. The molecular weight excluding hydrogens is 518 g/mol. The monoisotopic (exact) mass is 555 g/mol. The molecule has 2 unspecified atom stereocenters. The Morgan fingerprint density at radius 3 is 2.07 bits per heavy atom. The van der Waals surface area contributed by atoms with E-state index in [1.165, 1.54) is 12.1 Å². The maximum atomic E-state index is 14.1. The van der Waals surface area contributed by atoms with Crippen molar-refractivity contribution in [3.63, 3.8) is 0 Å². The molecule has 0 spiro atoms. The van der Waals surface area contributed by atoms with E-state index in [1.807, 2.05) is 51.1 Å². The van der Waals surface area contributed by atoms with Crippen LogP contribution in [0.25, 0.3) is 0 Å². The topological polar surface area (TPSA) is 108 Å². The number of carbonyl (C=O) groups excluding carboxylic acids is 3. The Bertz CT molecular complexity index is 1430. The second-order valence-corrected chi connectivity index (χ2v) is 10.9. The van der Waals surface area contributed by atoms with E-state index in [2.05, 4.69) is 16.7 Å². The first kappa shape index (κ1) is 30.8. The van der Waals surface area contributed by atoms with E-state index in [9.17, 15) is 19.5 Å². The predicted molar refractivity (Wildman–Crippen MR) is 159 cm³/mol. The molecule has 214 valence electrons. The van der Waals surface area contributed by atoms with Crippen molar-refractivity contribution in [1.29, 1.82) is 0 Å². The lowest BCUT2D eigenvalue weighted by Gasteiger charge is -2.31. The van der Waals surface area contributed by atoms with Crippen LogP contribution in [-0.4, -0.2) is 39.6 Å². The number of nitrogens with one attached hydrogen (secondary N) is 2. The van der Waals surface area contributed by atoms with E-state index < -0.39 is 35.6 Å². The average molecular weight is 556 g/mol. The molecule has 0 aromatic heterocycles. The third kappa shape index (κ3) is 8.12. The first-order valence-corrected chi connectivity index (χ1v) is 13.3. The Kier molecular flexibility index (Phi) is 9.80. The van der Waals surface area contributed by atoms with Gasteiger partial charge in [0.15, 0.2) is 0 Å². The average Bonchev–Trinajstić information content (AvgIpc) is 2.89. The summed E-state index contributed by atoms with van der Waals surface area (Å²) < 4.78 is 5.41. The second-order valence-electron chi connectivity index (χ2n) is 10.9. The number of aromatic hydroxyl groups is 1. The second kappa shape index (κ2) is 13.1. The molecule has 0 aliphatic rings. The quantitative estimate of drug-likeness (QED) is 0.249. The van der Waals surface area contributed by atoms with Crippen molar-refractivity contribution < 1.29 is 24.2 Å². The maximum absolute atomic E-state index is 14.1. The number of benzene rings is 3. The van der Waals surface area contributed by atoms with Gasteiger partial charge >= 0.3 is 6.09 Å². The molecule has 3 aromatic rings. The molecule has 0 aliphatic carbocycles. The van der Waals surface area contributed by atoms with Gasteiger partial charge in [0, 0.05) is 18.2 Å². The summed E-state index contributed by atoms with van der Waals surface area (Å²) in [5, 5.41) is 15.3. The molecule has 0 radical (unpaired) electrons. The van der Waals surface area contributed by atoms with Crippen LogP contribution in [-0.2, 0) is 20.7 Å². The summed E-state index contributed by atoms with van der Waals surface area (Å²) in [6.45, 7) is 10.7. The number of terminal acetylenes is 1. The minimum atomic E-state index is -1.20. The Hall–Kier alpha value is -4.77. The minimum Gasteiger partial charge on any atom is -0.508 e. The molecule has 0 bridgehead atoms. The maximum Gasteiger partial charge on any atom is 0.408 e. The van der Waals surface area contributed by atoms with E-state index in [-0.39, 0.29) is 12.2 Å². The summed E-state index contributed by atoms with van der Waals surface area (Å²) in [5.74, 6) is -1.11. The minimum absolute atomic E-state index is 0.0373. The van der Waals surface area contributed by atoms with Gasteiger partial charge in [0.25, 0.3) is 11.8 Å². The van der Waals surface area contributed by atoms with Crippen LogP contribution in [0.15, 0.2) is 66.7 Å². The largest absolute Gasteiger partial charge is 0.508 e. The zero-order valence-corrected chi connectivity index (χ0v) is 24.3. The van der Waals surface area contributed by atoms with Gasteiger partial charge in [0.1, 0.15) is 23.4 Å². The molecule has 0 heterocycles. The lowest BCUT2D eigenvalue weighted by molar-refractivity contribution is -0.136. The molecule has 41 heavy (non-hydrogen) atoms. The molecule has 8 nitrogen and oxygen atoms in total. The standard InChI is InChI=1S/C33H37N3O5/c1-8-36(31(39)27(34-32(40)41-33(5,6)7)20-24-16-18-25(37)19-17-24)29(26-15-10-9-12-21(26)2)30(38)35-28-22(3)13-11-14-23(28)4/h1,9-19,27,29,37H,20H2,2-7H3,(H,34,40)(H,35,38). The van der Waals surface area contributed by atoms with Gasteiger partial charge in [-0.05, 0) is 81.5 Å². The first-order chi connectivity index (χ1) is 19.3. The molecule has 0 saturated carbocycles. The molecule has 0 aliphatic heterocycles. The summed E-state index contributed by atoms with van der Waals surface area (Å²) in [5.41, 5.74) is 3.50. The fourth-order valence-electron chi connectivity index (χ4n) is 4.45. The number of nitrogens with zero attached hydrogens (tertiary/aromatic N) is 1. The van der Waals surface area contributed by atoms with E-state index >= 15 is 0 Å².